The molecule has 1 heterocycles. The lowest BCUT2D eigenvalue weighted by molar-refractivity contribution is -0.122. The number of nitrogens with two attached hydrogens (primary N) is 1. The Morgan fingerprint density at radius 1 is 1.58 bits per heavy atom. The average molecular weight is 285 g/mol. The number of thiophene rings is 1. The zero-order valence-corrected chi connectivity index (χ0v) is 12.6. The Bertz CT molecular complexity index is 395. The van der Waals surface area contributed by atoms with Gasteiger partial charge in [0.1, 0.15) is 0 Å². The second kappa shape index (κ2) is 8.27. The molecule has 1 amide bonds. The molecule has 0 aliphatic carbocycles. The number of carbonyl (C=O) groups is 1. The van der Waals surface area contributed by atoms with Crippen LogP contribution in [-0.2, 0) is 9.53 Å². The molecule has 108 valence electrons. The van der Waals surface area contributed by atoms with Crippen molar-refractivity contribution in [2.45, 2.75) is 13.0 Å². The number of likely N-dealkylation sites (N-methyl/N-ethyl adjacent to an activating group) is 1. The number of nitrogens with zero attached hydrogens (tertiary/aromatic N) is 1. The fraction of sp³-hybridized carbons (Fsp3) is 0.615. The van der Waals surface area contributed by atoms with Gasteiger partial charge in [-0.05, 0) is 26.1 Å². The number of carbonyl (C=O) groups excluding carboxylic acids is 1. The van der Waals surface area contributed by atoms with E-state index in [1.807, 2.05) is 11.9 Å². The first-order valence-corrected chi connectivity index (χ1v) is 7.12. The number of amides is 1. The molecule has 1 rings (SSSR count). The van der Waals surface area contributed by atoms with Crippen LogP contribution >= 0.6 is 11.3 Å². The first kappa shape index (κ1) is 16.1. The summed E-state index contributed by atoms with van der Waals surface area (Å²) >= 11 is 1.72. The van der Waals surface area contributed by atoms with Gasteiger partial charge in [0.25, 0.3) is 0 Å². The standard InChI is InChI=1S/C13H23N3O2S/c1-10-4-5-12(19-10)11(8-14)16(2)9-13(17)15-6-7-18-3/h4-5,11H,6-9,14H2,1-3H3,(H,15,17). The quantitative estimate of drug-likeness (QED) is 0.692. The van der Waals surface area contributed by atoms with Crippen molar-refractivity contribution in [3.8, 4) is 0 Å². The maximum atomic E-state index is 11.7. The van der Waals surface area contributed by atoms with E-state index in [1.54, 1.807) is 18.4 Å². The molecule has 0 saturated carbocycles. The smallest absolute Gasteiger partial charge is 0.234 e. The molecule has 0 aliphatic rings. The molecular weight excluding hydrogens is 262 g/mol. The molecule has 1 atom stereocenters. The van der Waals surface area contributed by atoms with Crippen molar-refractivity contribution in [2.75, 3.05) is 40.4 Å². The molecule has 1 aromatic heterocycles. The summed E-state index contributed by atoms with van der Waals surface area (Å²) in [6.45, 7) is 3.97. The third-order valence-electron chi connectivity index (χ3n) is 2.87. The van der Waals surface area contributed by atoms with Crippen LogP contribution in [0.3, 0.4) is 0 Å². The Morgan fingerprint density at radius 2 is 2.32 bits per heavy atom. The van der Waals surface area contributed by atoms with Crippen molar-refractivity contribution in [2.24, 2.45) is 5.73 Å². The normalized spacial score (nSPS) is 12.7. The highest BCUT2D eigenvalue weighted by molar-refractivity contribution is 7.12. The minimum atomic E-state index is -0.00808. The van der Waals surface area contributed by atoms with Crippen LogP contribution in [0.2, 0.25) is 0 Å². The molecule has 0 saturated heterocycles. The van der Waals surface area contributed by atoms with Gasteiger partial charge in [-0.25, -0.2) is 0 Å². The molecule has 6 heteroatoms. The van der Waals surface area contributed by atoms with E-state index >= 15 is 0 Å². The lowest BCUT2D eigenvalue weighted by atomic mass is 10.2. The van der Waals surface area contributed by atoms with E-state index in [9.17, 15) is 4.79 Å². The van der Waals surface area contributed by atoms with Crippen molar-refractivity contribution >= 4 is 17.2 Å². The van der Waals surface area contributed by atoms with Gasteiger partial charge < -0.3 is 15.8 Å². The highest BCUT2D eigenvalue weighted by atomic mass is 32.1. The topological polar surface area (TPSA) is 67.6 Å². The molecule has 3 N–H and O–H groups in total. The molecule has 0 bridgehead atoms. The molecule has 5 nitrogen and oxygen atoms in total. The van der Waals surface area contributed by atoms with E-state index in [0.29, 0.717) is 26.2 Å². The highest BCUT2D eigenvalue weighted by Gasteiger charge is 2.19. The third-order valence-corrected chi connectivity index (χ3v) is 3.97. The van der Waals surface area contributed by atoms with Crippen LogP contribution in [-0.4, -0.2) is 51.2 Å². The summed E-state index contributed by atoms with van der Waals surface area (Å²) in [6, 6.07) is 4.25. The second-order valence-electron chi connectivity index (χ2n) is 4.46. The van der Waals surface area contributed by atoms with Crippen LogP contribution in [0.4, 0.5) is 0 Å². The maximum absolute atomic E-state index is 11.7. The summed E-state index contributed by atoms with van der Waals surface area (Å²) in [6.07, 6.45) is 0. The number of rotatable bonds is 8. The van der Waals surface area contributed by atoms with E-state index in [0.717, 1.165) is 0 Å². The van der Waals surface area contributed by atoms with E-state index in [4.69, 9.17) is 10.5 Å². The summed E-state index contributed by atoms with van der Waals surface area (Å²) < 4.78 is 4.89. The van der Waals surface area contributed by atoms with Crippen LogP contribution < -0.4 is 11.1 Å². The SMILES string of the molecule is COCCNC(=O)CN(C)C(CN)c1ccc(C)s1. The first-order chi connectivity index (χ1) is 9.08. The fourth-order valence-corrected chi connectivity index (χ4v) is 2.89. The van der Waals surface area contributed by atoms with Gasteiger partial charge in [0, 0.05) is 30.0 Å². The Labute approximate surface area is 118 Å². The zero-order chi connectivity index (χ0) is 14.3. The van der Waals surface area contributed by atoms with Crippen LogP contribution in [0.25, 0.3) is 0 Å². The molecule has 0 radical (unpaired) electrons. The summed E-state index contributed by atoms with van der Waals surface area (Å²) in [5.41, 5.74) is 5.83. The van der Waals surface area contributed by atoms with Crippen LogP contribution in [0, 0.1) is 6.92 Å². The number of methoxy groups -OCH3 is 1. The number of hydrogen-bond donors (Lipinski definition) is 2. The Morgan fingerprint density at radius 3 is 2.84 bits per heavy atom. The molecule has 19 heavy (non-hydrogen) atoms. The lowest BCUT2D eigenvalue weighted by Crippen LogP contribution is -2.40. The largest absolute Gasteiger partial charge is 0.383 e. The van der Waals surface area contributed by atoms with E-state index in [1.165, 1.54) is 9.75 Å². The van der Waals surface area contributed by atoms with Crippen molar-refractivity contribution in [1.82, 2.24) is 10.2 Å². The average Bonchev–Trinajstić information content (AvgIpc) is 2.77. The molecule has 0 fully saturated rings. The van der Waals surface area contributed by atoms with Gasteiger partial charge in [-0.2, -0.15) is 0 Å². The van der Waals surface area contributed by atoms with Crippen molar-refractivity contribution < 1.29 is 9.53 Å². The Balaban J connectivity index is 2.50. The van der Waals surface area contributed by atoms with Gasteiger partial charge in [0.2, 0.25) is 5.91 Å². The lowest BCUT2D eigenvalue weighted by Gasteiger charge is -2.25. The molecular formula is C13H23N3O2S. The van der Waals surface area contributed by atoms with Gasteiger partial charge in [-0.3, -0.25) is 9.69 Å². The number of ether oxygens (including phenoxy) is 1. The minimum Gasteiger partial charge on any atom is -0.383 e. The van der Waals surface area contributed by atoms with Crippen molar-refractivity contribution in [3.63, 3.8) is 0 Å². The summed E-state index contributed by atoms with van der Waals surface area (Å²) in [4.78, 5) is 16.2. The number of hydrogen-bond acceptors (Lipinski definition) is 5. The summed E-state index contributed by atoms with van der Waals surface area (Å²) in [5.74, 6) is -0.00808. The zero-order valence-electron chi connectivity index (χ0n) is 11.8. The maximum Gasteiger partial charge on any atom is 0.234 e. The molecule has 1 aromatic rings. The molecule has 0 aromatic carbocycles. The fourth-order valence-electron chi connectivity index (χ4n) is 1.83. The monoisotopic (exact) mass is 285 g/mol. The predicted octanol–water partition coefficient (Wildman–Crippen LogP) is 0.751. The molecule has 0 aliphatic heterocycles. The van der Waals surface area contributed by atoms with E-state index in [-0.39, 0.29) is 11.9 Å². The Kier molecular flexibility index (Phi) is 7.01. The predicted molar refractivity (Wildman–Crippen MR) is 78.4 cm³/mol. The number of aryl methyl sites for hydroxylation is 1. The van der Waals surface area contributed by atoms with E-state index in [2.05, 4.69) is 24.4 Å². The van der Waals surface area contributed by atoms with Gasteiger partial charge >= 0.3 is 0 Å². The first-order valence-electron chi connectivity index (χ1n) is 6.30. The van der Waals surface area contributed by atoms with Crippen molar-refractivity contribution in [1.29, 1.82) is 0 Å². The molecule has 1 unspecified atom stereocenters. The number of nitrogens with one attached hydrogen (secondary N) is 1. The van der Waals surface area contributed by atoms with Gasteiger partial charge in [-0.15, -0.1) is 11.3 Å². The highest BCUT2D eigenvalue weighted by Crippen LogP contribution is 2.25. The Hall–Kier alpha value is -0.950. The van der Waals surface area contributed by atoms with Gasteiger partial charge in [-0.1, -0.05) is 0 Å². The van der Waals surface area contributed by atoms with Gasteiger partial charge in [0.05, 0.1) is 19.2 Å². The summed E-state index contributed by atoms with van der Waals surface area (Å²) in [5, 5.41) is 2.81. The van der Waals surface area contributed by atoms with Crippen LogP contribution in [0.1, 0.15) is 15.8 Å². The van der Waals surface area contributed by atoms with E-state index < -0.39 is 0 Å². The molecule has 0 spiro atoms. The second-order valence-corrected chi connectivity index (χ2v) is 5.78. The van der Waals surface area contributed by atoms with Crippen molar-refractivity contribution in [3.05, 3.63) is 21.9 Å². The third kappa shape index (κ3) is 5.28. The van der Waals surface area contributed by atoms with Crippen LogP contribution in [0.5, 0.6) is 0 Å². The minimum absolute atomic E-state index is 0.00808. The summed E-state index contributed by atoms with van der Waals surface area (Å²) in [7, 11) is 3.53. The van der Waals surface area contributed by atoms with Gasteiger partial charge in [0.15, 0.2) is 0 Å². The van der Waals surface area contributed by atoms with Crippen LogP contribution in [0.15, 0.2) is 12.1 Å².